The highest BCUT2D eigenvalue weighted by Crippen LogP contribution is 2.41. The molecule has 0 saturated carbocycles. The zero-order chi connectivity index (χ0) is 19.7. The standard InChI is InChI=1S/C21H23N3O3S/c1-21(20(25)27-3)9-10-24(13-21)18-17-15(14-7-5-4-6-8-14)12-28-19(17)23-16(22-18)11-26-2/h4-8,12H,9-11,13H2,1-3H3. The van der Waals surface area contributed by atoms with Crippen molar-refractivity contribution in [3.8, 4) is 11.1 Å². The predicted molar refractivity (Wildman–Crippen MR) is 111 cm³/mol. The maximum absolute atomic E-state index is 12.3. The molecule has 1 unspecified atom stereocenters. The van der Waals surface area contributed by atoms with Gasteiger partial charge in [-0.25, -0.2) is 9.97 Å². The van der Waals surface area contributed by atoms with Crippen LogP contribution in [0.15, 0.2) is 35.7 Å². The van der Waals surface area contributed by atoms with Gasteiger partial charge in [0.25, 0.3) is 0 Å². The van der Waals surface area contributed by atoms with E-state index in [1.165, 1.54) is 7.11 Å². The molecule has 3 aromatic rings. The van der Waals surface area contributed by atoms with Gasteiger partial charge in [-0.3, -0.25) is 4.79 Å². The number of ether oxygens (including phenoxy) is 2. The maximum atomic E-state index is 12.3. The molecule has 0 spiro atoms. The molecule has 6 nitrogen and oxygen atoms in total. The Balaban J connectivity index is 1.84. The molecule has 4 rings (SSSR count). The minimum absolute atomic E-state index is 0.175. The van der Waals surface area contributed by atoms with Gasteiger partial charge in [-0.2, -0.15) is 0 Å². The molecule has 1 aromatic carbocycles. The highest BCUT2D eigenvalue weighted by Gasteiger charge is 2.42. The number of aromatic nitrogens is 2. The van der Waals surface area contributed by atoms with Crippen LogP contribution in [0.3, 0.4) is 0 Å². The number of hydrogen-bond donors (Lipinski definition) is 0. The Hall–Kier alpha value is -2.51. The number of fused-ring (bicyclic) bond motifs is 1. The summed E-state index contributed by atoms with van der Waals surface area (Å²) in [4.78, 5) is 24.9. The van der Waals surface area contributed by atoms with Gasteiger partial charge in [-0.05, 0) is 18.9 Å². The fourth-order valence-corrected chi connectivity index (χ4v) is 4.73. The van der Waals surface area contributed by atoms with Crippen molar-refractivity contribution in [1.82, 2.24) is 9.97 Å². The normalized spacial score (nSPS) is 19.3. The highest BCUT2D eigenvalue weighted by atomic mass is 32.1. The van der Waals surface area contributed by atoms with E-state index in [0.29, 0.717) is 19.0 Å². The number of anilines is 1. The summed E-state index contributed by atoms with van der Waals surface area (Å²) >= 11 is 1.61. The molecule has 0 amide bonds. The van der Waals surface area contributed by atoms with Gasteiger partial charge in [0.15, 0.2) is 5.82 Å². The molecule has 2 aromatic heterocycles. The Morgan fingerprint density at radius 1 is 1.25 bits per heavy atom. The van der Waals surface area contributed by atoms with E-state index in [1.807, 2.05) is 25.1 Å². The maximum Gasteiger partial charge on any atom is 0.313 e. The van der Waals surface area contributed by atoms with Crippen molar-refractivity contribution < 1.29 is 14.3 Å². The molecule has 1 aliphatic heterocycles. The number of carbonyl (C=O) groups excluding carboxylic acids is 1. The fourth-order valence-electron chi connectivity index (χ4n) is 3.77. The number of nitrogens with zero attached hydrogens (tertiary/aromatic N) is 3. The molecule has 1 fully saturated rings. The molecule has 1 saturated heterocycles. The number of carbonyl (C=O) groups is 1. The summed E-state index contributed by atoms with van der Waals surface area (Å²) in [5.74, 6) is 1.34. The molecule has 0 N–H and O–H groups in total. The van der Waals surface area contributed by atoms with Gasteiger partial charge in [0.1, 0.15) is 17.3 Å². The van der Waals surface area contributed by atoms with E-state index in [9.17, 15) is 4.79 Å². The smallest absolute Gasteiger partial charge is 0.313 e. The first-order valence-electron chi connectivity index (χ1n) is 9.21. The lowest BCUT2D eigenvalue weighted by molar-refractivity contribution is -0.150. The number of methoxy groups -OCH3 is 2. The summed E-state index contributed by atoms with van der Waals surface area (Å²) in [5, 5.41) is 3.16. The molecular formula is C21H23N3O3S. The van der Waals surface area contributed by atoms with E-state index in [0.717, 1.165) is 40.1 Å². The minimum Gasteiger partial charge on any atom is -0.469 e. The van der Waals surface area contributed by atoms with Gasteiger partial charge < -0.3 is 14.4 Å². The summed E-state index contributed by atoms with van der Waals surface area (Å²) in [6.07, 6.45) is 0.732. The summed E-state index contributed by atoms with van der Waals surface area (Å²) in [6.45, 7) is 3.62. The van der Waals surface area contributed by atoms with E-state index in [-0.39, 0.29) is 5.97 Å². The van der Waals surface area contributed by atoms with Crippen LogP contribution in [0.2, 0.25) is 0 Å². The van der Waals surface area contributed by atoms with E-state index in [1.54, 1.807) is 18.4 Å². The zero-order valence-electron chi connectivity index (χ0n) is 16.3. The van der Waals surface area contributed by atoms with Crippen LogP contribution >= 0.6 is 11.3 Å². The van der Waals surface area contributed by atoms with E-state index in [4.69, 9.17) is 19.4 Å². The zero-order valence-corrected chi connectivity index (χ0v) is 17.1. The van der Waals surface area contributed by atoms with Crippen LogP contribution in [0.4, 0.5) is 5.82 Å². The van der Waals surface area contributed by atoms with Crippen LogP contribution in [-0.2, 0) is 20.9 Å². The first-order valence-corrected chi connectivity index (χ1v) is 10.1. The average molecular weight is 398 g/mol. The second-order valence-electron chi connectivity index (χ2n) is 7.32. The van der Waals surface area contributed by atoms with Crippen LogP contribution < -0.4 is 4.90 Å². The molecule has 0 bridgehead atoms. The van der Waals surface area contributed by atoms with Gasteiger partial charge in [-0.1, -0.05) is 30.3 Å². The van der Waals surface area contributed by atoms with Gasteiger partial charge in [0.05, 0.1) is 17.9 Å². The molecule has 3 heterocycles. The average Bonchev–Trinajstić information content (AvgIpc) is 3.32. The molecule has 146 valence electrons. The third kappa shape index (κ3) is 3.25. The van der Waals surface area contributed by atoms with E-state index in [2.05, 4.69) is 22.4 Å². The van der Waals surface area contributed by atoms with Gasteiger partial charge >= 0.3 is 5.97 Å². The fraction of sp³-hybridized carbons (Fsp3) is 0.381. The highest BCUT2D eigenvalue weighted by molar-refractivity contribution is 7.17. The third-order valence-electron chi connectivity index (χ3n) is 5.27. The number of benzene rings is 1. The molecule has 0 radical (unpaired) electrons. The number of rotatable bonds is 5. The van der Waals surface area contributed by atoms with Gasteiger partial charge in [-0.15, -0.1) is 11.3 Å². The lowest BCUT2D eigenvalue weighted by Gasteiger charge is -2.23. The van der Waals surface area contributed by atoms with E-state index >= 15 is 0 Å². The van der Waals surface area contributed by atoms with Crippen LogP contribution in [0.25, 0.3) is 21.3 Å². The van der Waals surface area contributed by atoms with Crippen molar-refractivity contribution in [2.75, 3.05) is 32.2 Å². The summed E-state index contributed by atoms with van der Waals surface area (Å²) in [7, 11) is 3.09. The summed E-state index contributed by atoms with van der Waals surface area (Å²) < 4.78 is 10.3. The molecule has 0 aliphatic carbocycles. The Kier molecular flexibility index (Phi) is 5.03. The van der Waals surface area contributed by atoms with Crippen LogP contribution in [0, 0.1) is 5.41 Å². The van der Waals surface area contributed by atoms with Gasteiger partial charge in [0, 0.05) is 31.1 Å². The monoisotopic (exact) mass is 397 g/mol. The van der Waals surface area contributed by atoms with Gasteiger partial charge in [0.2, 0.25) is 0 Å². The second-order valence-corrected chi connectivity index (χ2v) is 8.17. The van der Waals surface area contributed by atoms with Crippen molar-refractivity contribution >= 4 is 33.3 Å². The largest absolute Gasteiger partial charge is 0.469 e. The van der Waals surface area contributed by atoms with Crippen molar-refractivity contribution in [2.45, 2.75) is 20.0 Å². The van der Waals surface area contributed by atoms with Crippen LogP contribution in [0.5, 0.6) is 0 Å². The lowest BCUT2D eigenvalue weighted by atomic mass is 9.90. The van der Waals surface area contributed by atoms with Crippen molar-refractivity contribution in [3.63, 3.8) is 0 Å². The molecule has 1 aliphatic rings. The van der Waals surface area contributed by atoms with Crippen LogP contribution in [-0.4, -0.2) is 43.2 Å². The number of thiophene rings is 1. The SMILES string of the molecule is COCc1nc(N2CCC(C)(C(=O)OC)C2)c2c(-c3ccccc3)csc2n1. The quantitative estimate of drug-likeness (QED) is 0.609. The summed E-state index contributed by atoms with van der Waals surface area (Å²) in [6, 6.07) is 10.3. The molecular weight excluding hydrogens is 374 g/mol. The first kappa shape index (κ1) is 18.8. The Labute approximate surface area is 168 Å². The second kappa shape index (κ2) is 7.48. The Morgan fingerprint density at radius 3 is 2.75 bits per heavy atom. The van der Waals surface area contributed by atoms with Crippen molar-refractivity contribution in [1.29, 1.82) is 0 Å². The van der Waals surface area contributed by atoms with Crippen LogP contribution in [0.1, 0.15) is 19.2 Å². The van der Waals surface area contributed by atoms with Crippen molar-refractivity contribution in [3.05, 3.63) is 41.5 Å². The van der Waals surface area contributed by atoms with Crippen molar-refractivity contribution in [2.24, 2.45) is 5.41 Å². The third-order valence-corrected chi connectivity index (χ3v) is 6.14. The first-order chi connectivity index (χ1) is 13.6. The summed E-state index contributed by atoms with van der Waals surface area (Å²) in [5.41, 5.74) is 1.72. The minimum atomic E-state index is -0.531. The molecule has 28 heavy (non-hydrogen) atoms. The Morgan fingerprint density at radius 2 is 2.04 bits per heavy atom. The molecule has 1 atom stereocenters. The topological polar surface area (TPSA) is 64.5 Å². The lowest BCUT2D eigenvalue weighted by Crippen LogP contribution is -2.33. The number of esters is 1. The predicted octanol–water partition coefficient (Wildman–Crippen LogP) is 3.89. The molecule has 7 heteroatoms. The number of hydrogen-bond acceptors (Lipinski definition) is 7. The Bertz CT molecular complexity index is 1000. The van der Waals surface area contributed by atoms with E-state index < -0.39 is 5.41 Å².